The molecule has 112 valence electrons. The number of aryl methyl sites for hydroxylation is 1. The van der Waals surface area contributed by atoms with Crippen molar-refractivity contribution in [2.24, 2.45) is 0 Å². The molecule has 0 amide bonds. The van der Waals surface area contributed by atoms with E-state index in [0.29, 0.717) is 11.8 Å². The van der Waals surface area contributed by atoms with Crippen molar-refractivity contribution in [3.05, 3.63) is 35.9 Å². The zero-order chi connectivity index (χ0) is 14.5. The highest BCUT2D eigenvalue weighted by molar-refractivity contribution is 9.09. The van der Waals surface area contributed by atoms with Crippen molar-refractivity contribution >= 4 is 26.0 Å². The summed E-state index contributed by atoms with van der Waals surface area (Å²) in [5.41, 5.74) is 0.794. The number of nitrogens with one attached hydrogen (secondary N) is 1. The van der Waals surface area contributed by atoms with Gasteiger partial charge in [-0.25, -0.2) is 13.1 Å². The summed E-state index contributed by atoms with van der Waals surface area (Å²) in [4.78, 5) is 0. The van der Waals surface area contributed by atoms with E-state index in [1.807, 2.05) is 30.3 Å². The first-order valence-electron chi connectivity index (χ1n) is 7.17. The normalized spacial score (nSPS) is 18.9. The molecule has 5 heteroatoms. The molecule has 0 saturated heterocycles. The van der Waals surface area contributed by atoms with E-state index in [2.05, 4.69) is 20.7 Å². The zero-order valence-electron chi connectivity index (χ0n) is 11.6. The molecule has 0 aromatic heterocycles. The number of benzene rings is 1. The van der Waals surface area contributed by atoms with Gasteiger partial charge in [0.15, 0.2) is 0 Å². The van der Waals surface area contributed by atoms with Gasteiger partial charge in [0.2, 0.25) is 10.0 Å². The predicted molar refractivity (Wildman–Crippen MR) is 86.7 cm³/mol. The molecule has 1 aliphatic carbocycles. The van der Waals surface area contributed by atoms with Crippen LogP contribution in [0.2, 0.25) is 0 Å². The van der Waals surface area contributed by atoms with Crippen LogP contribution in [0.5, 0.6) is 0 Å². The van der Waals surface area contributed by atoms with Crippen molar-refractivity contribution in [3.8, 4) is 0 Å². The number of hydrogen-bond acceptors (Lipinski definition) is 2. The largest absolute Gasteiger partial charge is 0.212 e. The quantitative estimate of drug-likeness (QED) is 0.792. The molecule has 1 saturated carbocycles. The minimum Gasteiger partial charge on any atom is -0.212 e. The van der Waals surface area contributed by atoms with Gasteiger partial charge in [-0.3, -0.25) is 0 Å². The average molecular weight is 360 g/mol. The Bertz CT molecular complexity index is 510. The van der Waals surface area contributed by atoms with E-state index >= 15 is 0 Å². The summed E-state index contributed by atoms with van der Waals surface area (Å²) in [6.07, 6.45) is 5.85. The van der Waals surface area contributed by atoms with E-state index in [1.165, 1.54) is 6.42 Å². The molecule has 1 aromatic rings. The highest BCUT2D eigenvalue weighted by Gasteiger charge is 2.34. The fourth-order valence-corrected chi connectivity index (χ4v) is 5.20. The Morgan fingerprint density at radius 1 is 1.10 bits per heavy atom. The third-order valence-corrected chi connectivity index (χ3v) is 6.50. The highest BCUT2D eigenvalue weighted by atomic mass is 79.9. The summed E-state index contributed by atoms with van der Waals surface area (Å²) in [6.45, 7) is 0. The Balaban J connectivity index is 1.96. The van der Waals surface area contributed by atoms with Crippen molar-refractivity contribution in [1.82, 2.24) is 4.72 Å². The van der Waals surface area contributed by atoms with Crippen LogP contribution in [-0.2, 0) is 16.4 Å². The predicted octanol–water partition coefficient (Wildman–Crippen LogP) is 3.25. The van der Waals surface area contributed by atoms with Crippen LogP contribution in [0.3, 0.4) is 0 Å². The highest BCUT2D eigenvalue weighted by Crippen LogP contribution is 2.30. The summed E-state index contributed by atoms with van der Waals surface area (Å²) in [5, 5.41) is 0.699. The number of hydrogen-bond donors (Lipinski definition) is 1. The van der Waals surface area contributed by atoms with Gasteiger partial charge < -0.3 is 0 Å². The van der Waals surface area contributed by atoms with E-state index in [9.17, 15) is 8.42 Å². The molecule has 1 N–H and O–H groups in total. The van der Waals surface area contributed by atoms with Crippen LogP contribution in [0.1, 0.15) is 37.7 Å². The SMILES string of the molecule is O=S(=O)(CCc1ccccc1)NC1(CBr)CCCCC1. The van der Waals surface area contributed by atoms with Gasteiger partial charge in [0.05, 0.1) is 5.75 Å². The first-order valence-corrected chi connectivity index (χ1v) is 9.94. The zero-order valence-corrected chi connectivity index (χ0v) is 14.0. The molecule has 0 bridgehead atoms. The summed E-state index contributed by atoms with van der Waals surface area (Å²) in [7, 11) is -3.23. The molecule has 1 aliphatic rings. The molecular weight excluding hydrogens is 338 g/mol. The Hall–Kier alpha value is -0.390. The van der Waals surface area contributed by atoms with Gasteiger partial charge in [0, 0.05) is 10.9 Å². The lowest BCUT2D eigenvalue weighted by Gasteiger charge is -2.36. The van der Waals surface area contributed by atoms with E-state index in [4.69, 9.17) is 0 Å². The van der Waals surface area contributed by atoms with Gasteiger partial charge in [-0.15, -0.1) is 0 Å². The van der Waals surface area contributed by atoms with Crippen LogP contribution in [0.15, 0.2) is 30.3 Å². The standard InChI is InChI=1S/C15H22BrNO2S/c16-13-15(10-5-2-6-11-15)17-20(18,19)12-9-14-7-3-1-4-8-14/h1,3-4,7-8,17H,2,5-6,9-13H2. The summed E-state index contributed by atoms with van der Waals surface area (Å²) in [6, 6.07) is 9.76. The van der Waals surface area contributed by atoms with E-state index in [0.717, 1.165) is 31.2 Å². The number of alkyl halides is 1. The van der Waals surface area contributed by atoms with Gasteiger partial charge >= 0.3 is 0 Å². The Kier molecular flexibility index (Phi) is 5.64. The molecule has 0 unspecified atom stereocenters. The third-order valence-electron chi connectivity index (χ3n) is 3.94. The monoisotopic (exact) mass is 359 g/mol. The fourth-order valence-electron chi connectivity index (χ4n) is 2.77. The van der Waals surface area contributed by atoms with E-state index in [1.54, 1.807) is 0 Å². The van der Waals surface area contributed by atoms with Crippen LogP contribution in [0.4, 0.5) is 0 Å². The maximum Gasteiger partial charge on any atom is 0.212 e. The molecule has 3 nitrogen and oxygen atoms in total. The number of sulfonamides is 1. The first-order chi connectivity index (χ1) is 9.55. The molecule has 20 heavy (non-hydrogen) atoms. The van der Waals surface area contributed by atoms with Gasteiger partial charge in [0.25, 0.3) is 0 Å². The van der Waals surface area contributed by atoms with Gasteiger partial charge in [-0.05, 0) is 24.8 Å². The van der Waals surface area contributed by atoms with Crippen LogP contribution < -0.4 is 4.72 Å². The second kappa shape index (κ2) is 7.05. The van der Waals surface area contributed by atoms with Gasteiger partial charge in [-0.1, -0.05) is 65.5 Å². The lowest BCUT2D eigenvalue weighted by atomic mass is 9.84. The molecule has 0 heterocycles. The Labute approximate surface area is 130 Å². The molecule has 2 rings (SSSR count). The van der Waals surface area contributed by atoms with Crippen molar-refractivity contribution in [2.45, 2.75) is 44.1 Å². The van der Waals surface area contributed by atoms with Gasteiger partial charge in [-0.2, -0.15) is 0 Å². The molecular formula is C15H22BrNO2S. The number of halogens is 1. The minimum atomic E-state index is -3.23. The van der Waals surface area contributed by atoms with Crippen LogP contribution in [0.25, 0.3) is 0 Å². The van der Waals surface area contributed by atoms with Crippen molar-refractivity contribution in [3.63, 3.8) is 0 Å². The summed E-state index contributed by atoms with van der Waals surface area (Å²) >= 11 is 3.49. The van der Waals surface area contributed by atoms with E-state index in [-0.39, 0.29) is 11.3 Å². The lowest BCUT2D eigenvalue weighted by molar-refractivity contribution is 0.301. The fraction of sp³-hybridized carbons (Fsp3) is 0.600. The van der Waals surface area contributed by atoms with Gasteiger partial charge in [0.1, 0.15) is 0 Å². The molecule has 0 radical (unpaired) electrons. The molecule has 1 fully saturated rings. The lowest BCUT2D eigenvalue weighted by Crippen LogP contribution is -2.51. The first kappa shape index (κ1) is 16.0. The second-order valence-corrected chi connectivity index (χ2v) is 8.03. The topological polar surface area (TPSA) is 46.2 Å². The summed E-state index contributed by atoms with van der Waals surface area (Å²) < 4.78 is 27.6. The van der Waals surface area contributed by atoms with Crippen molar-refractivity contribution in [1.29, 1.82) is 0 Å². The molecule has 0 aliphatic heterocycles. The summed E-state index contributed by atoms with van der Waals surface area (Å²) in [5.74, 6) is 0.158. The molecule has 0 atom stereocenters. The smallest absolute Gasteiger partial charge is 0.212 e. The van der Waals surface area contributed by atoms with Crippen molar-refractivity contribution < 1.29 is 8.42 Å². The minimum absolute atomic E-state index is 0.158. The van der Waals surface area contributed by atoms with Crippen LogP contribution in [0, 0.1) is 0 Å². The van der Waals surface area contributed by atoms with Crippen LogP contribution >= 0.6 is 15.9 Å². The average Bonchev–Trinajstić information content (AvgIpc) is 2.47. The Morgan fingerprint density at radius 2 is 1.75 bits per heavy atom. The van der Waals surface area contributed by atoms with Crippen molar-refractivity contribution in [2.75, 3.05) is 11.1 Å². The second-order valence-electron chi connectivity index (χ2n) is 5.63. The van der Waals surface area contributed by atoms with Crippen LogP contribution in [-0.4, -0.2) is 25.0 Å². The maximum atomic E-state index is 12.3. The molecule has 1 aromatic carbocycles. The maximum absolute atomic E-state index is 12.3. The molecule has 0 spiro atoms. The Morgan fingerprint density at radius 3 is 2.35 bits per heavy atom. The number of rotatable bonds is 6. The van der Waals surface area contributed by atoms with E-state index < -0.39 is 10.0 Å². The third kappa shape index (κ3) is 4.57.